The van der Waals surface area contributed by atoms with Crippen LogP contribution in [-0.4, -0.2) is 6.54 Å². The van der Waals surface area contributed by atoms with Crippen LogP contribution in [-0.2, 0) is 0 Å². The van der Waals surface area contributed by atoms with Crippen LogP contribution in [0.2, 0.25) is 0 Å². The maximum absolute atomic E-state index is 3.62. The average Bonchev–Trinajstić information content (AvgIpc) is 2.83. The minimum absolute atomic E-state index is 0.330. The van der Waals surface area contributed by atoms with Crippen molar-refractivity contribution in [2.45, 2.75) is 19.4 Å². The van der Waals surface area contributed by atoms with E-state index in [1.54, 1.807) is 11.3 Å². The number of hydrogen-bond acceptors (Lipinski definition) is 2. The zero-order valence-corrected chi connectivity index (χ0v) is 12.8. The molecule has 0 amide bonds. The molecule has 1 nitrogen and oxygen atoms in total. The molecule has 0 spiro atoms. The summed E-state index contributed by atoms with van der Waals surface area (Å²) < 4.78 is 1.29. The van der Waals surface area contributed by atoms with Crippen LogP contribution in [0.25, 0.3) is 0 Å². The highest BCUT2D eigenvalue weighted by atomic mass is 127. The number of rotatable bonds is 5. The Morgan fingerprint density at radius 1 is 1.29 bits per heavy atom. The van der Waals surface area contributed by atoms with Crippen LogP contribution >= 0.6 is 33.9 Å². The lowest BCUT2D eigenvalue weighted by Crippen LogP contribution is -2.22. The van der Waals surface area contributed by atoms with Gasteiger partial charge in [0.25, 0.3) is 0 Å². The van der Waals surface area contributed by atoms with E-state index in [1.165, 1.54) is 14.7 Å². The van der Waals surface area contributed by atoms with Crippen LogP contribution in [0.4, 0.5) is 0 Å². The van der Waals surface area contributed by atoms with Crippen molar-refractivity contribution in [3.63, 3.8) is 0 Å². The minimum atomic E-state index is 0.330. The molecule has 0 fully saturated rings. The van der Waals surface area contributed by atoms with Gasteiger partial charge in [0.2, 0.25) is 0 Å². The summed E-state index contributed by atoms with van der Waals surface area (Å²) in [5.41, 5.74) is 2.72. The Hall–Kier alpha value is -0.390. The van der Waals surface area contributed by atoms with Crippen LogP contribution in [0, 0.1) is 3.57 Å². The molecule has 0 aliphatic heterocycles. The van der Waals surface area contributed by atoms with Crippen molar-refractivity contribution in [2.24, 2.45) is 0 Å². The van der Waals surface area contributed by atoms with Gasteiger partial charge < -0.3 is 5.32 Å². The lowest BCUT2D eigenvalue weighted by molar-refractivity contribution is 0.600. The largest absolute Gasteiger partial charge is 0.306 e. The third-order valence-electron chi connectivity index (χ3n) is 2.66. The van der Waals surface area contributed by atoms with Gasteiger partial charge in [-0.15, -0.1) is 0 Å². The average molecular weight is 357 g/mol. The molecule has 0 aliphatic rings. The topological polar surface area (TPSA) is 12.0 Å². The Morgan fingerprint density at radius 3 is 2.82 bits per heavy atom. The van der Waals surface area contributed by atoms with Crippen LogP contribution < -0.4 is 5.32 Å². The first kappa shape index (κ1) is 13.1. The molecule has 0 aliphatic carbocycles. The van der Waals surface area contributed by atoms with E-state index >= 15 is 0 Å². The molecule has 0 bridgehead atoms. The minimum Gasteiger partial charge on any atom is -0.306 e. The molecule has 0 saturated heterocycles. The first-order valence-corrected chi connectivity index (χ1v) is 7.84. The predicted molar refractivity (Wildman–Crippen MR) is 83.6 cm³/mol. The second-order valence-electron chi connectivity index (χ2n) is 4.00. The zero-order chi connectivity index (χ0) is 12.1. The van der Waals surface area contributed by atoms with Crippen LogP contribution in [0.5, 0.6) is 0 Å². The zero-order valence-electron chi connectivity index (χ0n) is 9.82. The molecule has 1 unspecified atom stereocenters. The number of hydrogen-bond donors (Lipinski definition) is 1. The van der Waals surface area contributed by atoms with E-state index in [0.29, 0.717) is 6.04 Å². The first-order valence-electron chi connectivity index (χ1n) is 5.82. The van der Waals surface area contributed by atoms with E-state index in [0.717, 1.165) is 13.0 Å². The Kier molecular flexibility index (Phi) is 5.00. The van der Waals surface area contributed by atoms with Crippen molar-refractivity contribution < 1.29 is 0 Å². The van der Waals surface area contributed by atoms with Gasteiger partial charge in [-0.2, -0.15) is 11.3 Å². The fourth-order valence-electron chi connectivity index (χ4n) is 1.84. The molecule has 17 heavy (non-hydrogen) atoms. The van der Waals surface area contributed by atoms with E-state index in [9.17, 15) is 0 Å². The molecule has 1 aromatic heterocycles. The summed E-state index contributed by atoms with van der Waals surface area (Å²) in [4.78, 5) is 0. The van der Waals surface area contributed by atoms with Gasteiger partial charge in [-0.05, 0) is 75.6 Å². The monoisotopic (exact) mass is 357 g/mol. The molecule has 1 N–H and O–H groups in total. The summed E-state index contributed by atoms with van der Waals surface area (Å²) in [6.07, 6.45) is 1.16. The van der Waals surface area contributed by atoms with Gasteiger partial charge in [0.1, 0.15) is 0 Å². The van der Waals surface area contributed by atoms with Gasteiger partial charge in [-0.25, -0.2) is 0 Å². The standard InChI is InChI=1S/C14H16INS/c1-2-7-16-14(12-6-8-17-10-12)11-4-3-5-13(15)9-11/h3-6,8-10,14,16H,2,7H2,1H3. The normalized spacial score (nSPS) is 12.6. The third kappa shape index (κ3) is 3.53. The lowest BCUT2D eigenvalue weighted by atomic mass is 10.0. The molecular formula is C14H16INS. The quantitative estimate of drug-likeness (QED) is 0.780. The van der Waals surface area contributed by atoms with Gasteiger partial charge in [-0.3, -0.25) is 0 Å². The molecule has 1 heterocycles. The van der Waals surface area contributed by atoms with Crippen LogP contribution in [0.3, 0.4) is 0 Å². The Morgan fingerprint density at radius 2 is 2.18 bits per heavy atom. The highest BCUT2D eigenvalue weighted by Gasteiger charge is 2.13. The van der Waals surface area contributed by atoms with Gasteiger partial charge in [0.05, 0.1) is 6.04 Å². The number of nitrogens with one attached hydrogen (secondary N) is 1. The van der Waals surface area contributed by atoms with Crippen molar-refractivity contribution in [1.29, 1.82) is 0 Å². The second-order valence-corrected chi connectivity index (χ2v) is 6.02. The summed E-state index contributed by atoms with van der Waals surface area (Å²) >= 11 is 4.13. The highest BCUT2D eigenvalue weighted by Crippen LogP contribution is 2.25. The maximum atomic E-state index is 3.62. The maximum Gasteiger partial charge on any atom is 0.0585 e. The molecule has 3 heteroatoms. The molecule has 90 valence electrons. The fourth-order valence-corrected chi connectivity index (χ4v) is 3.10. The summed E-state index contributed by atoms with van der Waals surface area (Å²) in [6.45, 7) is 3.25. The van der Waals surface area contributed by atoms with E-state index in [4.69, 9.17) is 0 Å². The highest BCUT2D eigenvalue weighted by molar-refractivity contribution is 14.1. The van der Waals surface area contributed by atoms with E-state index in [1.807, 2.05) is 0 Å². The molecule has 1 atom stereocenters. The molecule has 0 saturated carbocycles. The first-order chi connectivity index (χ1) is 8.31. The smallest absolute Gasteiger partial charge is 0.0585 e. The van der Waals surface area contributed by atoms with E-state index < -0.39 is 0 Å². The van der Waals surface area contributed by atoms with Crippen LogP contribution in [0.1, 0.15) is 30.5 Å². The fraction of sp³-hybridized carbons (Fsp3) is 0.286. The second kappa shape index (κ2) is 6.52. The lowest BCUT2D eigenvalue weighted by Gasteiger charge is -2.18. The van der Waals surface area contributed by atoms with Crippen molar-refractivity contribution >= 4 is 33.9 Å². The van der Waals surface area contributed by atoms with Crippen molar-refractivity contribution in [3.8, 4) is 0 Å². The number of halogens is 1. The van der Waals surface area contributed by atoms with E-state index in [2.05, 4.69) is 75.9 Å². The predicted octanol–water partition coefficient (Wildman–Crippen LogP) is 4.44. The molecule has 2 aromatic rings. The summed E-state index contributed by atoms with van der Waals surface area (Å²) in [5.74, 6) is 0. The Bertz CT molecular complexity index is 453. The Balaban J connectivity index is 2.27. The van der Waals surface area contributed by atoms with Crippen molar-refractivity contribution in [2.75, 3.05) is 6.54 Å². The van der Waals surface area contributed by atoms with Gasteiger partial charge in [-0.1, -0.05) is 19.1 Å². The SMILES string of the molecule is CCCNC(c1ccsc1)c1cccc(I)c1. The Labute approximate surface area is 120 Å². The molecular weight excluding hydrogens is 341 g/mol. The van der Waals surface area contributed by atoms with Gasteiger partial charge in [0.15, 0.2) is 0 Å². The van der Waals surface area contributed by atoms with Gasteiger partial charge in [0, 0.05) is 3.57 Å². The molecule has 2 rings (SSSR count). The summed E-state index contributed by atoms with van der Waals surface area (Å²) in [5, 5.41) is 7.99. The molecule has 0 radical (unpaired) electrons. The van der Waals surface area contributed by atoms with Gasteiger partial charge >= 0.3 is 0 Å². The van der Waals surface area contributed by atoms with Crippen LogP contribution in [0.15, 0.2) is 41.1 Å². The van der Waals surface area contributed by atoms with Crippen molar-refractivity contribution in [3.05, 3.63) is 55.8 Å². The third-order valence-corrected chi connectivity index (χ3v) is 4.03. The van der Waals surface area contributed by atoms with E-state index in [-0.39, 0.29) is 0 Å². The summed E-state index contributed by atoms with van der Waals surface area (Å²) in [6, 6.07) is 11.3. The molecule has 1 aromatic carbocycles. The number of thiophene rings is 1. The summed E-state index contributed by atoms with van der Waals surface area (Å²) in [7, 11) is 0. The van der Waals surface area contributed by atoms with Crippen molar-refractivity contribution in [1.82, 2.24) is 5.32 Å². The number of benzene rings is 1.